The molecule has 11 heteroatoms. The summed E-state index contributed by atoms with van der Waals surface area (Å²) in [5.41, 5.74) is 0. The molecule has 0 aromatic heterocycles. The minimum Gasteiger partial charge on any atom is -0.481 e. The lowest BCUT2D eigenvalue weighted by molar-refractivity contribution is -0.142. The number of carboxylic acids is 2. The highest BCUT2D eigenvalue weighted by molar-refractivity contribution is 5.84. The van der Waals surface area contributed by atoms with Crippen molar-refractivity contribution in [2.75, 3.05) is 33.0 Å². The second kappa shape index (κ2) is 31.5. The van der Waals surface area contributed by atoms with Gasteiger partial charge in [-0.25, -0.2) is 4.79 Å². The maximum absolute atomic E-state index is 12.2. The average Bonchev–Trinajstić information content (AvgIpc) is 2.99. The van der Waals surface area contributed by atoms with Gasteiger partial charge in [0.05, 0.1) is 19.8 Å². The molecule has 45 heavy (non-hydrogen) atoms. The van der Waals surface area contributed by atoms with Gasteiger partial charge in [-0.3, -0.25) is 19.2 Å². The molecule has 0 aliphatic heterocycles. The number of carbonyl (C=O) groups excluding carboxylic acids is 3. The summed E-state index contributed by atoms with van der Waals surface area (Å²) >= 11 is 0. The summed E-state index contributed by atoms with van der Waals surface area (Å²) in [5, 5.41) is 23.2. The fourth-order valence-corrected chi connectivity index (χ4v) is 4.98. The summed E-state index contributed by atoms with van der Waals surface area (Å²) in [5.74, 6) is -2.50. The first-order valence-corrected chi connectivity index (χ1v) is 17.4. The molecule has 2 amide bonds. The molecule has 0 rings (SSSR count). The fraction of sp³-hybridized carbons (Fsp3) is 0.853. The molecule has 0 fully saturated rings. The zero-order valence-corrected chi connectivity index (χ0v) is 27.9. The number of nitrogens with one attached hydrogen (secondary N) is 2. The molecule has 4 N–H and O–H groups in total. The van der Waals surface area contributed by atoms with Crippen LogP contribution in [0.3, 0.4) is 0 Å². The van der Waals surface area contributed by atoms with Gasteiger partial charge < -0.3 is 30.3 Å². The van der Waals surface area contributed by atoms with Crippen LogP contribution in [0.5, 0.6) is 0 Å². The number of unbranched alkanes of at least 4 members (excludes halogenated alkanes) is 17. The first-order valence-electron chi connectivity index (χ1n) is 17.4. The minimum atomic E-state index is -1.15. The Morgan fingerprint density at radius 1 is 0.556 bits per heavy atom. The van der Waals surface area contributed by atoms with Gasteiger partial charge in [0.15, 0.2) is 5.78 Å². The van der Waals surface area contributed by atoms with Crippen LogP contribution in [-0.4, -0.2) is 78.8 Å². The second-order valence-electron chi connectivity index (χ2n) is 12.0. The third-order valence-corrected chi connectivity index (χ3v) is 7.58. The van der Waals surface area contributed by atoms with Gasteiger partial charge in [-0.05, 0) is 26.2 Å². The molecule has 1 unspecified atom stereocenters. The summed E-state index contributed by atoms with van der Waals surface area (Å²) in [6, 6.07) is -1.09. The summed E-state index contributed by atoms with van der Waals surface area (Å²) in [4.78, 5) is 57.0. The molecular weight excluding hydrogens is 580 g/mol. The molecule has 0 spiro atoms. The fourth-order valence-electron chi connectivity index (χ4n) is 4.98. The molecule has 0 aromatic carbocycles. The first-order chi connectivity index (χ1) is 21.7. The van der Waals surface area contributed by atoms with E-state index in [1.165, 1.54) is 77.6 Å². The number of carbonyl (C=O) groups is 5. The van der Waals surface area contributed by atoms with Crippen molar-refractivity contribution in [3.8, 4) is 0 Å². The van der Waals surface area contributed by atoms with Crippen molar-refractivity contribution < 1.29 is 43.7 Å². The summed E-state index contributed by atoms with van der Waals surface area (Å²) in [6.45, 7) is 2.64. The predicted molar refractivity (Wildman–Crippen MR) is 174 cm³/mol. The van der Waals surface area contributed by atoms with Gasteiger partial charge >= 0.3 is 11.9 Å². The van der Waals surface area contributed by atoms with Crippen LogP contribution in [0.25, 0.3) is 0 Å². The SMILES string of the molecule is CC(=O)COCCOCCNC(=O)CCC(NC(=O)CCCCCCCCCCCCCCCCCCCCC(=O)O)C(=O)O. The highest BCUT2D eigenvalue weighted by atomic mass is 16.5. The molecule has 0 aliphatic carbocycles. The lowest BCUT2D eigenvalue weighted by Gasteiger charge is -2.14. The number of carboxylic acid groups (broad SMARTS) is 2. The number of rotatable bonds is 34. The van der Waals surface area contributed by atoms with Gasteiger partial charge in [0.2, 0.25) is 11.8 Å². The molecule has 0 saturated heterocycles. The molecule has 0 saturated carbocycles. The van der Waals surface area contributed by atoms with Crippen LogP contribution < -0.4 is 10.6 Å². The molecule has 11 nitrogen and oxygen atoms in total. The maximum Gasteiger partial charge on any atom is 0.326 e. The van der Waals surface area contributed by atoms with Crippen LogP contribution in [0.1, 0.15) is 148 Å². The molecule has 0 aliphatic rings. The van der Waals surface area contributed by atoms with E-state index >= 15 is 0 Å². The van der Waals surface area contributed by atoms with E-state index in [2.05, 4.69) is 10.6 Å². The van der Waals surface area contributed by atoms with Crippen LogP contribution in [0.2, 0.25) is 0 Å². The predicted octanol–water partition coefficient (Wildman–Crippen LogP) is 5.96. The maximum atomic E-state index is 12.2. The van der Waals surface area contributed by atoms with Gasteiger partial charge in [0.1, 0.15) is 12.6 Å². The summed E-state index contributed by atoms with van der Waals surface area (Å²) in [6.07, 6.45) is 21.5. The van der Waals surface area contributed by atoms with Crippen molar-refractivity contribution in [2.45, 2.75) is 154 Å². The van der Waals surface area contributed by atoms with Crippen LogP contribution in [0.4, 0.5) is 0 Å². The lowest BCUT2D eigenvalue weighted by Crippen LogP contribution is -2.41. The Hall–Kier alpha value is -2.53. The van der Waals surface area contributed by atoms with E-state index in [0.29, 0.717) is 19.6 Å². The van der Waals surface area contributed by atoms with E-state index in [1.807, 2.05) is 0 Å². The molecule has 262 valence electrons. The molecule has 0 aromatic rings. The van der Waals surface area contributed by atoms with Gasteiger partial charge in [-0.2, -0.15) is 0 Å². The van der Waals surface area contributed by atoms with Gasteiger partial charge in [0.25, 0.3) is 0 Å². The van der Waals surface area contributed by atoms with Crippen molar-refractivity contribution in [3.05, 3.63) is 0 Å². The molecule has 0 heterocycles. The Morgan fingerprint density at radius 3 is 1.44 bits per heavy atom. The number of Topliss-reactive ketones (excluding diaryl/α,β-unsaturated/α-hetero) is 1. The van der Waals surface area contributed by atoms with Crippen molar-refractivity contribution in [3.63, 3.8) is 0 Å². The van der Waals surface area contributed by atoms with E-state index in [9.17, 15) is 29.1 Å². The topological polar surface area (TPSA) is 168 Å². The van der Waals surface area contributed by atoms with Crippen LogP contribution in [-0.2, 0) is 33.4 Å². The largest absolute Gasteiger partial charge is 0.481 e. The normalized spacial score (nSPS) is 11.7. The summed E-state index contributed by atoms with van der Waals surface area (Å²) in [7, 11) is 0. The quantitative estimate of drug-likeness (QED) is 0.0619. The van der Waals surface area contributed by atoms with Gasteiger partial charge in [0, 0.05) is 25.8 Å². The van der Waals surface area contributed by atoms with E-state index in [0.717, 1.165) is 44.9 Å². The zero-order valence-electron chi connectivity index (χ0n) is 27.9. The number of ketones is 1. The lowest BCUT2D eigenvalue weighted by atomic mass is 10.0. The van der Waals surface area contributed by atoms with Crippen molar-refractivity contribution >= 4 is 29.5 Å². The smallest absolute Gasteiger partial charge is 0.326 e. The molecule has 0 bridgehead atoms. The highest BCUT2D eigenvalue weighted by Gasteiger charge is 2.20. The highest BCUT2D eigenvalue weighted by Crippen LogP contribution is 2.15. The molecule has 0 radical (unpaired) electrons. The van der Waals surface area contributed by atoms with E-state index in [4.69, 9.17) is 14.6 Å². The van der Waals surface area contributed by atoms with Crippen LogP contribution in [0, 0.1) is 0 Å². The van der Waals surface area contributed by atoms with Crippen molar-refractivity contribution in [2.24, 2.45) is 0 Å². The van der Waals surface area contributed by atoms with Gasteiger partial charge in [-0.15, -0.1) is 0 Å². The zero-order chi connectivity index (χ0) is 33.4. The summed E-state index contributed by atoms with van der Waals surface area (Å²) < 4.78 is 10.4. The molecule has 1 atom stereocenters. The number of ether oxygens (including phenoxy) is 2. The third-order valence-electron chi connectivity index (χ3n) is 7.58. The standard InChI is InChI=1S/C34H62N2O9/c1-29(37)28-45-27-26-44-25-24-35-31(38)23-22-30(34(42)43)36-32(39)20-18-16-14-12-10-8-6-4-2-3-5-7-9-11-13-15-17-19-21-33(40)41/h30H,2-28H2,1H3,(H,35,38)(H,36,39)(H,40,41)(H,42,43). The Morgan fingerprint density at radius 2 is 1.00 bits per heavy atom. The number of hydrogen-bond donors (Lipinski definition) is 4. The Bertz CT molecular complexity index is 792. The van der Waals surface area contributed by atoms with E-state index in [1.54, 1.807) is 0 Å². The number of aliphatic carboxylic acids is 2. The van der Waals surface area contributed by atoms with E-state index in [-0.39, 0.29) is 56.6 Å². The van der Waals surface area contributed by atoms with Crippen LogP contribution in [0.15, 0.2) is 0 Å². The third kappa shape index (κ3) is 32.7. The van der Waals surface area contributed by atoms with Crippen molar-refractivity contribution in [1.29, 1.82) is 0 Å². The second-order valence-corrected chi connectivity index (χ2v) is 12.0. The first kappa shape index (κ1) is 42.5. The van der Waals surface area contributed by atoms with Gasteiger partial charge in [-0.1, -0.05) is 103 Å². The van der Waals surface area contributed by atoms with E-state index < -0.39 is 18.0 Å². The van der Waals surface area contributed by atoms with Crippen molar-refractivity contribution in [1.82, 2.24) is 10.6 Å². The Balaban J connectivity index is 3.58. The average molecular weight is 643 g/mol. The number of hydrogen-bond acceptors (Lipinski definition) is 7. The Kier molecular flexibility index (Phi) is 29.7. The number of amides is 2. The Labute approximate surface area is 271 Å². The monoisotopic (exact) mass is 642 g/mol. The minimum absolute atomic E-state index is 0.0150. The van der Waals surface area contributed by atoms with Crippen LogP contribution >= 0.6 is 0 Å². The molecular formula is C34H62N2O9.